The molecule has 1 N–H and O–H groups in total. The van der Waals surface area contributed by atoms with Gasteiger partial charge < -0.3 is 9.88 Å². The first-order chi connectivity index (χ1) is 13.1. The van der Waals surface area contributed by atoms with E-state index in [9.17, 15) is 4.79 Å². The van der Waals surface area contributed by atoms with Gasteiger partial charge in [-0.05, 0) is 67.0 Å². The number of carbonyl (C=O) groups excluding carboxylic acids is 1. The van der Waals surface area contributed by atoms with E-state index in [1.54, 1.807) is 0 Å². The highest BCUT2D eigenvalue weighted by Crippen LogP contribution is 2.38. The molecule has 1 aliphatic rings. The van der Waals surface area contributed by atoms with Gasteiger partial charge in [-0.1, -0.05) is 19.9 Å². The third-order valence-electron chi connectivity index (χ3n) is 5.78. The zero-order valence-corrected chi connectivity index (χ0v) is 16.3. The van der Waals surface area contributed by atoms with Crippen LogP contribution in [0, 0.1) is 6.92 Å². The van der Waals surface area contributed by atoms with Crippen LogP contribution in [-0.4, -0.2) is 34.4 Å². The summed E-state index contributed by atoms with van der Waals surface area (Å²) >= 11 is 0. The Kier molecular flexibility index (Phi) is 4.73. The van der Waals surface area contributed by atoms with Crippen LogP contribution < -0.4 is 0 Å². The number of aromatic amines is 1. The molecule has 1 aromatic carbocycles. The van der Waals surface area contributed by atoms with Crippen LogP contribution in [0.5, 0.6) is 0 Å². The normalized spacial score (nSPS) is 15.6. The van der Waals surface area contributed by atoms with E-state index in [0.717, 1.165) is 38.0 Å². The Morgan fingerprint density at radius 3 is 2.63 bits per heavy atom. The van der Waals surface area contributed by atoms with Gasteiger partial charge in [-0.15, -0.1) is 0 Å². The summed E-state index contributed by atoms with van der Waals surface area (Å²) in [6.45, 7) is 8.27. The monoisotopic (exact) mass is 361 g/mol. The van der Waals surface area contributed by atoms with Crippen molar-refractivity contribution in [3.63, 3.8) is 0 Å². The molecule has 4 nitrogen and oxygen atoms in total. The molecule has 1 aliphatic heterocycles. The molecular weight excluding hydrogens is 334 g/mol. The van der Waals surface area contributed by atoms with Crippen LogP contribution in [0.25, 0.3) is 22.2 Å². The molecule has 2 aromatic heterocycles. The zero-order valence-electron chi connectivity index (χ0n) is 16.3. The van der Waals surface area contributed by atoms with E-state index < -0.39 is 0 Å². The Bertz CT molecular complexity index is 965. The number of rotatable bonds is 4. The Labute approximate surface area is 160 Å². The minimum atomic E-state index is 0.425. The van der Waals surface area contributed by atoms with Crippen molar-refractivity contribution in [1.29, 1.82) is 0 Å². The molecule has 140 valence electrons. The number of piperidine rings is 1. The summed E-state index contributed by atoms with van der Waals surface area (Å²) < 4.78 is 0. The van der Waals surface area contributed by atoms with Crippen LogP contribution in [-0.2, 0) is 4.79 Å². The number of amides is 1. The number of likely N-dealkylation sites (tertiary alicyclic amines) is 1. The summed E-state index contributed by atoms with van der Waals surface area (Å²) in [5.41, 5.74) is 7.40. The maximum absolute atomic E-state index is 11.0. The maximum atomic E-state index is 11.0. The minimum absolute atomic E-state index is 0.425. The van der Waals surface area contributed by atoms with Crippen LogP contribution in [0.3, 0.4) is 0 Å². The summed E-state index contributed by atoms with van der Waals surface area (Å²) in [6, 6.07) is 11.1. The van der Waals surface area contributed by atoms with Crippen molar-refractivity contribution in [2.75, 3.05) is 13.1 Å². The number of aryl methyl sites for hydroxylation is 1. The number of hydrogen-bond acceptors (Lipinski definition) is 2. The lowest BCUT2D eigenvalue weighted by molar-refractivity contribution is -0.119. The molecule has 1 fully saturated rings. The fraction of sp³-hybridized carbons (Fsp3) is 0.391. The number of hydrogen-bond donors (Lipinski definition) is 1. The lowest BCUT2D eigenvalue weighted by Gasteiger charge is -2.29. The Morgan fingerprint density at radius 2 is 1.96 bits per heavy atom. The number of H-pyrrole nitrogens is 1. The lowest BCUT2D eigenvalue weighted by Crippen LogP contribution is -2.31. The van der Waals surface area contributed by atoms with Gasteiger partial charge in [0.15, 0.2) is 0 Å². The molecule has 0 atom stereocenters. The first-order valence-corrected chi connectivity index (χ1v) is 9.84. The number of pyridine rings is 1. The summed E-state index contributed by atoms with van der Waals surface area (Å²) in [5.74, 6) is 0.960. The summed E-state index contributed by atoms with van der Waals surface area (Å²) in [4.78, 5) is 20.9. The van der Waals surface area contributed by atoms with E-state index in [0.29, 0.717) is 11.8 Å². The Morgan fingerprint density at radius 1 is 1.19 bits per heavy atom. The molecule has 4 heteroatoms. The van der Waals surface area contributed by atoms with Crippen molar-refractivity contribution in [3.05, 3.63) is 53.3 Å². The van der Waals surface area contributed by atoms with Crippen LogP contribution in [0.15, 0.2) is 36.5 Å². The van der Waals surface area contributed by atoms with Gasteiger partial charge >= 0.3 is 0 Å². The molecule has 0 unspecified atom stereocenters. The van der Waals surface area contributed by atoms with E-state index in [-0.39, 0.29) is 0 Å². The van der Waals surface area contributed by atoms with Crippen LogP contribution >= 0.6 is 0 Å². The molecular formula is C23H27N3O. The standard InChI is InChI=1S/C23H27N3O/c1-15(2)22-20-13-18(17-7-10-26(14-27)11-8-17)4-5-21(20)25-23(22)19-6-9-24-16(3)12-19/h4-6,9,12-15,17,25H,7-8,10-11H2,1-3H3. The van der Waals surface area contributed by atoms with Crippen molar-refractivity contribution in [3.8, 4) is 11.3 Å². The fourth-order valence-corrected chi connectivity index (χ4v) is 4.35. The summed E-state index contributed by atoms with van der Waals surface area (Å²) in [5, 5.41) is 1.32. The fourth-order valence-electron chi connectivity index (χ4n) is 4.35. The van der Waals surface area contributed by atoms with Crippen LogP contribution in [0.1, 0.15) is 55.3 Å². The van der Waals surface area contributed by atoms with E-state index in [1.807, 2.05) is 18.0 Å². The quantitative estimate of drug-likeness (QED) is 0.665. The molecule has 27 heavy (non-hydrogen) atoms. The molecule has 4 rings (SSSR count). The molecule has 1 saturated heterocycles. The molecule has 0 aliphatic carbocycles. The maximum Gasteiger partial charge on any atom is 0.209 e. The molecule has 0 spiro atoms. The minimum Gasteiger partial charge on any atom is -0.354 e. The molecule has 3 heterocycles. The third kappa shape index (κ3) is 3.36. The number of aromatic nitrogens is 2. The smallest absolute Gasteiger partial charge is 0.209 e. The second kappa shape index (κ2) is 7.18. The average molecular weight is 361 g/mol. The van der Waals surface area contributed by atoms with Gasteiger partial charge in [0.2, 0.25) is 6.41 Å². The van der Waals surface area contributed by atoms with Gasteiger partial charge in [0.05, 0.1) is 5.69 Å². The lowest BCUT2D eigenvalue weighted by atomic mass is 9.87. The molecule has 0 bridgehead atoms. The number of carbonyl (C=O) groups is 1. The SMILES string of the molecule is Cc1cc(-c2[nH]c3ccc(C4CCN(C=O)CC4)cc3c2C(C)C)ccn1. The average Bonchev–Trinajstić information content (AvgIpc) is 3.07. The van der Waals surface area contributed by atoms with E-state index in [4.69, 9.17) is 0 Å². The van der Waals surface area contributed by atoms with Gasteiger partial charge in [-0.2, -0.15) is 0 Å². The van der Waals surface area contributed by atoms with Gasteiger partial charge in [-0.25, -0.2) is 0 Å². The summed E-state index contributed by atoms with van der Waals surface area (Å²) in [7, 11) is 0. The van der Waals surface area contributed by atoms with Crippen molar-refractivity contribution in [1.82, 2.24) is 14.9 Å². The second-order valence-corrected chi connectivity index (χ2v) is 7.97. The molecule has 0 saturated carbocycles. The Balaban J connectivity index is 1.77. The first kappa shape index (κ1) is 17.8. The van der Waals surface area contributed by atoms with Gasteiger partial charge in [0, 0.05) is 41.4 Å². The second-order valence-electron chi connectivity index (χ2n) is 7.97. The van der Waals surface area contributed by atoms with E-state index >= 15 is 0 Å². The third-order valence-corrected chi connectivity index (χ3v) is 5.78. The van der Waals surface area contributed by atoms with E-state index in [1.165, 1.54) is 33.3 Å². The van der Waals surface area contributed by atoms with Gasteiger partial charge in [-0.3, -0.25) is 9.78 Å². The number of nitrogens with one attached hydrogen (secondary N) is 1. The Hall–Kier alpha value is -2.62. The highest BCUT2D eigenvalue weighted by molar-refractivity contribution is 5.92. The number of nitrogens with zero attached hydrogens (tertiary/aromatic N) is 2. The van der Waals surface area contributed by atoms with Gasteiger partial charge in [0.25, 0.3) is 0 Å². The van der Waals surface area contributed by atoms with Crippen molar-refractivity contribution < 1.29 is 4.79 Å². The van der Waals surface area contributed by atoms with Crippen molar-refractivity contribution >= 4 is 17.3 Å². The predicted molar refractivity (Wildman–Crippen MR) is 110 cm³/mol. The molecule has 0 radical (unpaired) electrons. The first-order valence-electron chi connectivity index (χ1n) is 9.84. The predicted octanol–water partition coefficient (Wildman–Crippen LogP) is 5.00. The van der Waals surface area contributed by atoms with Crippen LogP contribution in [0.2, 0.25) is 0 Å². The van der Waals surface area contributed by atoms with Crippen molar-refractivity contribution in [2.45, 2.75) is 45.4 Å². The largest absolute Gasteiger partial charge is 0.354 e. The van der Waals surface area contributed by atoms with Crippen LogP contribution in [0.4, 0.5) is 0 Å². The summed E-state index contributed by atoms with van der Waals surface area (Å²) in [6.07, 6.45) is 4.95. The molecule has 3 aromatic rings. The van der Waals surface area contributed by atoms with Gasteiger partial charge in [0.1, 0.15) is 0 Å². The number of benzene rings is 1. The molecule has 1 amide bonds. The highest BCUT2D eigenvalue weighted by Gasteiger charge is 2.22. The zero-order chi connectivity index (χ0) is 19.0. The topological polar surface area (TPSA) is 49.0 Å². The number of fused-ring (bicyclic) bond motifs is 1. The van der Waals surface area contributed by atoms with E-state index in [2.05, 4.69) is 54.1 Å². The highest BCUT2D eigenvalue weighted by atomic mass is 16.1. The van der Waals surface area contributed by atoms with Crippen molar-refractivity contribution in [2.24, 2.45) is 0 Å².